The first-order valence-electron chi connectivity index (χ1n) is 7.33. The van der Waals surface area contributed by atoms with Crippen molar-refractivity contribution in [1.82, 2.24) is 0 Å². The Balaban J connectivity index is 2.11. The van der Waals surface area contributed by atoms with Gasteiger partial charge in [-0.05, 0) is 31.7 Å². The fraction of sp³-hybridized carbons (Fsp3) is 0.625. The van der Waals surface area contributed by atoms with E-state index in [-0.39, 0.29) is 5.41 Å². The van der Waals surface area contributed by atoms with Gasteiger partial charge in [-0.3, -0.25) is 0 Å². The summed E-state index contributed by atoms with van der Waals surface area (Å²) >= 11 is 0. The smallest absolute Gasteiger partial charge is 0.127 e. The van der Waals surface area contributed by atoms with Crippen LogP contribution in [0.4, 0.5) is 5.69 Å². The Hall–Kier alpha value is -1.22. The first-order valence-corrected chi connectivity index (χ1v) is 7.33. The van der Waals surface area contributed by atoms with Crippen molar-refractivity contribution in [2.24, 2.45) is 5.73 Å². The highest BCUT2D eigenvalue weighted by Gasteiger charge is 2.40. The molecule has 0 radical (unpaired) electrons. The summed E-state index contributed by atoms with van der Waals surface area (Å²) in [6.07, 6.45) is 6.02. The molecule has 0 saturated heterocycles. The topological polar surface area (TPSA) is 38.5 Å². The van der Waals surface area contributed by atoms with Crippen LogP contribution in [0, 0.1) is 0 Å². The quantitative estimate of drug-likeness (QED) is 0.907. The van der Waals surface area contributed by atoms with E-state index in [4.69, 9.17) is 10.5 Å². The van der Waals surface area contributed by atoms with E-state index in [0.717, 1.165) is 25.3 Å². The molecule has 3 heteroatoms. The van der Waals surface area contributed by atoms with Gasteiger partial charge in [-0.1, -0.05) is 12.5 Å². The summed E-state index contributed by atoms with van der Waals surface area (Å²) in [4.78, 5) is 2.33. The molecule has 0 unspecified atom stereocenters. The zero-order valence-electron chi connectivity index (χ0n) is 12.0. The van der Waals surface area contributed by atoms with Gasteiger partial charge in [0.1, 0.15) is 5.75 Å². The van der Waals surface area contributed by atoms with Crippen molar-refractivity contribution in [3.05, 3.63) is 23.3 Å². The van der Waals surface area contributed by atoms with E-state index in [1.54, 1.807) is 7.11 Å². The molecule has 1 fully saturated rings. The Bertz CT molecular complexity index is 474. The van der Waals surface area contributed by atoms with Crippen LogP contribution in [0.15, 0.2) is 12.1 Å². The summed E-state index contributed by atoms with van der Waals surface area (Å²) in [5.41, 5.74) is 10.3. The molecule has 0 bridgehead atoms. The number of nitrogens with two attached hydrogens (primary N) is 1. The Morgan fingerprint density at radius 2 is 2.11 bits per heavy atom. The van der Waals surface area contributed by atoms with Gasteiger partial charge in [-0.2, -0.15) is 0 Å². The van der Waals surface area contributed by atoms with E-state index in [1.165, 1.54) is 42.5 Å². The van der Waals surface area contributed by atoms with E-state index in [9.17, 15) is 0 Å². The molecule has 3 nitrogen and oxygen atoms in total. The summed E-state index contributed by atoms with van der Waals surface area (Å²) in [5.74, 6) is 1.11. The second-order valence-electron chi connectivity index (χ2n) is 6.01. The van der Waals surface area contributed by atoms with E-state index in [1.807, 2.05) is 0 Å². The molecular formula is C16H24N2O. The number of nitrogens with zero attached hydrogens (tertiary/aromatic N) is 1. The predicted molar refractivity (Wildman–Crippen MR) is 79.2 cm³/mol. The predicted octanol–water partition coefficient (Wildman–Crippen LogP) is 2.46. The minimum absolute atomic E-state index is 0.177. The zero-order chi connectivity index (χ0) is 13.5. The molecular weight excluding hydrogens is 236 g/mol. The van der Waals surface area contributed by atoms with Gasteiger partial charge >= 0.3 is 0 Å². The van der Waals surface area contributed by atoms with Crippen LogP contribution in [0.3, 0.4) is 0 Å². The van der Waals surface area contributed by atoms with Crippen LogP contribution in [0.5, 0.6) is 5.75 Å². The number of benzene rings is 1. The lowest BCUT2D eigenvalue weighted by atomic mass is 9.64. The molecule has 104 valence electrons. The molecule has 0 spiro atoms. The third kappa shape index (κ3) is 1.83. The fourth-order valence-electron chi connectivity index (χ4n) is 3.67. The molecule has 1 aromatic rings. The molecule has 3 rings (SSSR count). The van der Waals surface area contributed by atoms with Crippen molar-refractivity contribution < 1.29 is 4.74 Å². The summed E-state index contributed by atoms with van der Waals surface area (Å²) in [7, 11) is 3.97. The molecule has 19 heavy (non-hydrogen) atoms. The van der Waals surface area contributed by atoms with Crippen LogP contribution in [-0.4, -0.2) is 27.2 Å². The molecule has 1 heterocycles. The van der Waals surface area contributed by atoms with Crippen molar-refractivity contribution >= 4 is 5.69 Å². The van der Waals surface area contributed by atoms with Crippen LogP contribution < -0.4 is 15.4 Å². The van der Waals surface area contributed by atoms with E-state index in [2.05, 4.69) is 24.1 Å². The van der Waals surface area contributed by atoms with Gasteiger partial charge in [0.25, 0.3) is 0 Å². The van der Waals surface area contributed by atoms with Gasteiger partial charge in [0.05, 0.1) is 7.11 Å². The molecule has 1 aliphatic heterocycles. The number of hydrogen-bond donors (Lipinski definition) is 1. The van der Waals surface area contributed by atoms with E-state index >= 15 is 0 Å². The van der Waals surface area contributed by atoms with Crippen molar-refractivity contribution in [2.75, 3.05) is 32.1 Å². The fourth-order valence-corrected chi connectivity index (χ4v) is 3.67. The Morgan fingerprint density at radius 1 is 1.32 bits per heavy atom. The number of fused-ring (bicyclic) bond motifs is 1. The average Bonchev–Trinajstić information content (AvgIpc) is 2.38. The van der Waals surface area contributed by atoms with Crippen molar-refractivity contribution in [1.29, 1.82) is 0 Å². The highest BCUT2D eigenvalue weighted by molar-refractivity contribution is 5.64. The van der Waals surface area contributed by atoms with Crippen LogP contribution >= 0.6 is 0 Å². The van der Waals surface area contributed by atoms with E-state index in [0.29, 0.717) is 0 Å². The monoisotopic (exact) mass is 260 g/mol. The van der Waals surface area contributed by atoms with Crippen molar-refractivity contribution in [2.45, 2.75) is 37.5 Å². The Labute approximate surface area is 115 Å². The molecule has 2 aliphatic rings. The summed E-state index contributed by atoms with van der Waals surface area (Å²) in [5, 5.41) is 0. The van der Waals surface area contributed by atoms with Crippen LogP contribution in [0.25, 0.3) is 0 Å². The van der Waals surface area contributed by atoms with Gasteiger partial charge in [-0.25, -0.2) is 0 Å². The lowest BCUT2D eigenvalue weighted by Gasteiger charge is -2.43. The number of rotatable bonds is 3. The minimum atomic E-state index is 0.177. The molecule has 0 aromatic heterocycles. The largest absolute Gasteiger partial charge is 0.496 e. The number of methoxy groups -OCH3 is 1. The molecule has 1 saturated carbocycles. The Morgan fingerprint density at radius 3 is 2.68 bits per heavy atom. The van der Waals surface area contributed by atoms with Gasteiger partial charge in [0.2, 0.25) is 0 Å². The van der Waals surface area contributed by atoms with Crippen LogP contribution in [0.2, 0.25) is 0 Å². The highest BCUT2D eigenvalue weighted by Crippen LogP contribution is 2.49. The third-order valence-electron chi connectivity index (χ3n) is 5.04. The van der Waals surface area contributed by atoms with Crippen molar-refractivity contribution in [3.63, 3.8) is 0 Å². The second kappa shape index (κ2) is 4.71. The summed E-state index contributed by atoms with van der Waals surface area (Å²) in [6, 6.07) is 4.52. The summed E-state index contributed by atoms with van der Waals surface area (Å²) < 4.78 is 5.79. The molecule has 0 amide bonds. The van der Waals surface area contributed by atoms with Crippen LogP contribution in [0.1, 0.15) is 36.8 Å². The maximum Gasteiger partial charge on any atom is 0.127 e. The van der Waals surface area contributed by atoms with Gasteiger partial charge in [-0.15, -0.1) is 0 Å². The summed E-state index contributed by atoms with van der Waals surface area (Å²) in [6.45, 7) is 1.87. The number of anilines is 1. The van der Waals surface area contributed by atoms with Crippen molar-refractivity contribution in [3.8, 4) is 5.75 Å². The first-order chi connectivity index (χ1) is 9.22. The lowest BCUT2D eigenvalue weighted by Crippen LogP contribution is -2.42. The third-order valence-corrected chi connectivity index (χ3v) is 5.04. The van der Waals surface area contributed by atoms with Gasteiger partial charge in [0, 0.05) is 42.4 Å². The minimum Gasteiger partial charge on any atom is -0.496 e. The maximum absolute atomic E-state index is 6.06. The van der Waals surface area contributed by atoms with Gasteiger partial charge in [0.15, 0.2) is 0 Å². The number of hydrogen-bond acceptors (Lipinski definition) is 3. The Kier molecular flexibility index (Phi) is 3.17. The molecule has 1 aromatic carbocycles. The second-order valence-corrected chi connectivity index (χ2v) is 6.01. The highest BCUT2D eigenvalue weighted by atomic mass is 16.5. The zero-order valence-corrected chi connectivity index (χ0v) is 12.0. The normalized spacial score (nSPS) is 20.7. The average molecular weight is 260 g/mol. The lowest BCUT2D eigenvalue weighted by molar-refractivity contribution is 0.243. The SMILES string of the molecule is COc1c(C2(CN)CCC2)ccc2c1CCCN2C. The number of ether oxygens (including phenoxy) is 1. The molecule has 0 atom stereocenters. The van der Waals surface area contributed by atoms with E-state index < -0.39 is 0 Å². The molecule has 1 aliphatic carbocycles. The first kappa shape index (κ1) is 12.8. The molecule has 2 N–H and O–H groups in total. The van der Waals surface area contributed by atoms with Gasteiger partial charge < -0.3 is 15.4 Å². The van der Waals surface area contributed by atoms with Crippen LogP contribution in [-0.2, 0) is 11.8 Å². The standard InChI is InChI=1S/C16H24N2O/c1-18-10-3-5-12-14(18)7-6-13(15(12)19-2)16(11-17)8-4-9-16/h6-7H,3-5,8-11,17H2,1-2H3. The maximum atomic E-state index is 6.06.